The highest BCUT2D eigenvalue weighted by molar-refractivity contribution is 5.91. The monoisotopic (exact) mass is 1030 g/mol. The summed E-state index contributed by atoms with van der Waals surface area (Å²) in [5.41, 5.74) is 6.17. The van der Waals surface area contributed by atoms with Crippen LogP contribution in [0.5, 0.6) is 69.0 Å². The Bertz CT molecular complexity index is 2410. The number of rotatable bonds is 26. The number of quaternary nitrogens is 2. The van der Waals surface area contributed by atoms with Gasteiger partial charge < -0.3 is 75.3 Å². The fourth-order valence-corrected chi connectivity index (χ4v) is 10.9. The summed E-state index contributed by atoms with van der Waals surface area (Å²) in [6, 6.07) is 11.7. The Kier molecular flexibility index (Phi) is 19.3. The van der Waals surface area contributed by atoms with Gasteiger partial charge in [-0.25, -0.2) is 9.59 Å². The van der Waals surface area contributed by atoms with Crippen molar-refractivity contribution in [2.24, 2.45) is 0 Å². The zero-order chi connectivity index (χ0) is 53.7. The Morgan fingerprint density at radius 1 is 0.432 bits per heavy atom. The highest BCUT2D eigenvalue weighted by Gasteiger charge is 2.45. The quantitative estimate of drug-likeness (QED) is 0.0263. The molecule has 4 aromatic carbocycles. The standard InChI is InChI=1S/C56H76N2O16/c1-57(23-19-37-33-45(65-7)53(69-11)55(71-13)49(37)39(57)27-35-29-41(61-3)51(67-9)42(30-35)62-4)21-15-25-73-47(59)17-18-48(60)74-26-16-22-58(2)24-20-38-34-46(66-8)54(70-12)56(72-14)50(38)40(58)28-36-31-43(63-5)52(68-10)44(32-36)64-6/h17-18,29-34,39-40H,15-16,19-28H2,1-14H3/q+2. The van der Waals surface area contributed by atoms with Crippen LogP contribution in [0.4, 0.5) is 0 Å². The molecule has 0 amide bonds. The fraction of sp³-hybridized carbons (Fsp3) is 0.500. The van der Waals surface area contributed by atoms with E-state index in [0.717, 1.165) is 71.5 Å². The molecular formula is C56H76N2O16+2. The van der Waals surface area contributed by atoms with Gasteiger partial charge in [0.2, 0.25) is 23.0 Å². The van der Waals surface area contributed by atoms with Crippen LogP contribution < -0.4 is 56.8 Å². The van der Waals surface area contributed by atoms with Crippen molar-refractivity contribution in [3.8, 4) is 69.0 Å². The maximum Gasteiger partial charge on any atom is 0.331 e. The molecule has 18 heteroatoms. The molecule has 0 aliphatic carbocycles. The summed E-state index contributed by atoms with van der Waals surface area (Å²) in [7, 11) is 23.7. The molecule has 0 saturated heterocycles. The van der Waals surface area contributed by atoms with E-state index < -0.39 is 11.9 Å². The van der Waals surface area contributed by atoms with E-state index >= 15 is 0 Å². The van der Waals surface area contributed by atoms with Crippen LogP contribution in [0.15, 0.2) is 48.6 Å². The van der Waals surface area contributed by atoms with Crippen molar-refractivity contribution >= 4 is 11.9 Å². The van der Waals surface area contributed by atoms with Crippen LogP contribution in [-0.2, 0) is 44.7 Å². The lowest BCUT2D eigenvalue weighted by molar-refractivity contribution is -0.941. The van der Waals surface area contributed by atoms with Crippen molar-refractivity contribution in [2.45, 2.75) is 50.6 Å². The number of esters is 2. The van der Waals surface area contributed by atoms with E-state index in [1.807, 2.05) is 36.4 Å². The van der Waals surface area contributed by atoms with Crippen LogP contribution in [0.25, 0.3) is 0 Å². The van der Waals surface area contributed by atoms with Crippen molar-refractivity contribution in [2.75, 3.05) is 139 Å². The van der Waals surface area contributed by atoms with Crippen molar-refractivity contribution in [1.82, 2.24) is 0 Å². The minimum atomic E-state index is -0.637. The number of carbonyl (C=O) groups is 2. The molecule has 18 nitrogen and oxygen atoms in total. The van der Waals surface area contributed by atoms with Crippen LogP contribution in [0.1, 0.15) is 58.3 Å². The predicted molar refractivity (Wildman–Crippen MR) is 277 cm³/mol. The largest absolute Gasteiger partial charge is 0.493 e. The number of likely N-dealkylation sites (N-methyl/N-ethyl adjacent to an activating group) is 2. The Balaban J connectivity index is 1.11. The van der Waals surface area contributed by atoms with E-state index in [9.17, 15) is 9.59 Å². The predicted octanol–water partition coefficient (Wildman–Crippen LogP) is 7.49. The number of carbonyl (C=O) groups excluding carboxylic acids is 2. The molecule has 4 unspecified atom stereocenters. The Morgan fingerprint density at radius 2 is 0.730 bits per heavy atom. The first-order chi connectivity index (χ1) is 35.7. The minimum absolute atomic E-state index is 0.125. The van der Waals surface area contributed by atoms with E-state index in [0.29, 0.717) is 117 Å². The van der Waals surface area contributed by atoms with Gasteiger partial charge in [0.1, 0.15) is 12.1 Å². The fourth-order valence-electron chi connectivity index (χ4n) is 10.9. The third-order valence-electron chi connectivity index (χ3n) is 14.6. The van der Waals surface area contributed by atoms with Gasteiger partial charge in [-0.05, 0) is 58.7 Å². The number of methoxy groups -OCH3 is 12. The van der Waals surface area contributed by atoms with E-state index in [1.54, 1.807) is 85.3 Å². The summed E-state index contributed by atoms with van der Waals surface area (Å²) in [6.07, 6.45) is 5.99. The van der Waals surface area contributed by atoms with Crippen molar-refractivity contribution in [1.29, 1.82) is 0 Å². The maximum atomic E-state index is 13.0. The summed E-state index contributed by atoms with van der Waals surface area (Å²) in [5, 5.41) is 0. The molecule has 0 fully saturated rings. The first-order valence-electron chi connectivity index (χ1n) is 24.6. The molecule has 0 saturated carbocycles. The van der Waals surface area contributed by atoms with E-state index in [4.69, 9.17) is 66.3 Å². The van der Waals surface area contributed by atoms with Crippen LogP contribution >= 0.6 is 0 Å². The molecule has 0 N–H and O–H groups in total. The molecular weight excluding hydrogens is 957 g/mol. The van der Waals surface area contributed by atoms with Gasteiger partial charge in [0.25, 0.3) is 0 Å². The summed E-state index contributed by atoms with van der Waals surface area (Å²) < 4.78 is 81.9. The number of hydrogen-bond acceptors (Lipinski definition) is 16. The smallest absolute Gasteiger partial charge is 0.331 e. The Morgan fingerprint density at radius 3 is 1.01 bits per heavy atom. The molecule has 0 radical (unpaired) electrons. The number of ether oxygens (including phenoxy) is 14. The van der Waals surface area contributed by atoms with Gasteiger partial charge in [0, 0.05) is 50.7 Å². The van der Waals surface area contributed by atoms with Gasteiger partial charge in [-0.1, -0.05) is 0 Å². The van der Waals surface area contributed by atoms with E-state index in [1.165, 1.54) is 0 Å². The second-order valence-corrected chi connectivity index (χ2v) is 18.7. The second-order valence-electron chi connectivity index (χ2n) is 18.7. The van der Waals surface area contributed by atoms with E-state index in [2.05, 4.69) is 14.1 Å². The van der Waals surface area contributed by atoms with Gasteiger partial charge in [-0.15, -0.1) is 0 Å². The van der Waals surface area contributed by atoms with Crippen LogP contribution in [0.3, 0.4) is 0 Å². The van der Waals surface area contributed by atoms with Crippen molar-refractivity contribution in [3.05, 3.63) is 81.9 Å². The molecule has 4 aromatic rings. The summed E-state index contributed by atoms with van der Waals surface area (Å²) in [4.78, 5) is 26.0. The first kappa shape index (κ1) is 56.4. The summed E-state index contributed by atoms with van der Waals surface area (Å²) in [6.45, 7) is 3.17. The van der Waals surface area contributed by atoms with Crippen LogP contribution in [0.2, 0.25) is 0 Å². The van der Waals surface area contributed by atoms with Crippen molar-refractivity contribution in [3.63, 3.8) is 0 Å². The minimum Gasteiger partial charge on any atom is -0.493 e. The maximum absolute atomic E-state index is 13.0. The molecule has 2 aliphatic heterocycles. The number of hydrogen-bond donors (Lipinski definition) is 0. The molecule has 404 valence electrons. The van der Waals surface area contributed by atoms with Gasteiger partial charge in [0.05, 0.1) is 150 Å². The Labute approximate surface area is 435 Å². The number of nitrogens with zero attached hydrogens (tertiary/aromatic N) is 2. The van der Waals surface area contributed by atoms with Crippen LogP contribution in [0, 0.1) is 0 Å². The molecule has 4 atom stereocenters. The zero-order valence-electron chi connectivity index (χ0n) is 45.7. The lowest BCUT2D eigenvalue weighted by atomic mass is 9.85. The molecule has 2 aliphatic rings. The van der Waals surface area contributed by atoms with E-state index in [-0.39, 0.29) is 25.3 Å². The second kappa shape index (κ2) is 25.3. The lowest BCUT2D eigenvalue weighted by Crippen LogP contribution is -2.53. The SMILES string of the molecule is COc1cc(CC2c3c(cc(OC)c(OC)c3OC)CC[N+]2(C)CCCOC(=O)C=CC(=O)OCCC[N+]2(C)CCc3cc(OC)c(OC)c(OC)c3C2Cc2cc(OC)c(OC)c(OC)c2)cc(OC)c1OC. The first-order valence-corrected chi connectivity index (χ1v) is 24.6. The van der Waals surface area contributed by atoms with Gasteiger partial charge in [-0.2, -0.15) is 0 Å². The molecule has 2 heterocycles. The molecule has 74 heavy (non-hydrogen) atoms. The summed E-state index contributed by atoms with van der Waals surface area (Å²) >= 11 is 0. The average molecular weight is 1030 g/mol. The van der Waals surface area contributed by atoms with Gasteiger partial charge in [0.15, 0.2) is 46.0 Å². The van der Waals surface area contributed by atoms with Crippen LogP contribution in [-0.4, -0.2) is 160 Å². The summed E-state index contributed by atoms with van der Waals surface area (Å²) in [5.74, 6) is 5.40. The van der Waals surface area contributed by atoms with Crippen molar-refractivity contribution < 1.29 is 84.9 Å². The van der Waals surface area contributed by atoms with Gasteiger partial charge in [-0.3, -0.25) is 0 Å². The third kappa shape index (κ3) is 11.9. The molecule has 6 rings (SSSR count). The third-order valence-corrected chi connectivity index (χ3v) is 14.6. The topological polar surface area (TPSA) is 163 Å². The molecule has 0 spiro atoms. The molecule has 0 bridgehead atoms. The lowest BCUT2D eigenvalue weighted by Gasteiger charge is -2.46. The average Bonchev–Trinajstić information content (AvgIpc) is 3.42. The normalized spacial score (nSPS) is 18.8. The Hall–Kier alpha value is -6.92. The zero-order valence-corrected chi connectivity index (χ0v) is 45.7. The molecule has 0 aromatic heterocycles. The highest BCUT2D eigenvalue weighted by Crippen LogP contribution is 2.53. The number of fused-ring (bicyclic) bond motifs is 2. The highest BCUT2D eigenvalue weighted by atomic mass is 16.6. The number of benzene rings is 4. The van der Waals surface area contributed by atoms with Gasteiger partial charge >= 0.3 is 11.9 Å².